The molecule has 5 heteroatoms. The van der Waals surface area contributed by atoms with Crippen LogP contribution in [0.15, 0.2) is 24.3 Å². The zero-order chi connectivity index (χ0) is 13.8. The van der Waals surface area contributed by atoms with Crippen LogP contribution in [0.1, 0.15) is 25.8 Å². The van der Waals surface area contributed by atoms with E-state index in [0.29, 0.717) is 18.2 Å². The standard InChI is InChI=1S/C13H17ClF3N/c1-9(2)7-11(14)8-18-12-5-3-10(4-6-12)13(15,16)17/h3-6,9,11,18H,7-8H2,1-2H3. The van der Waals surface area contributed by atoms with Crippen molar-refractivity contribution in [1.82, 2.24) is 0 Å². The fourth-order valence-electron chi connectivity index (χ4n) is 1.60. The van der Waals surface area contributed by atoms with Crippen LogP contribution in [0, 0.1) is 5.92 Å². The van der Waals surface area contributed by atoms with E-state index in [-0.39, 0.29) is 5.38 Å². The van der Waals surface area contributed by atoms with E-state index in [1.54, 1.807) is 0 Å². The van der Waals surface area contributed by atoms with Gasteiger partial charge in [-0.05, 0) is 36.6 Å². The van der Waals surface area contributed by atoms with Crippen molar-refractivity contribution in [2.45, 2.75) is 31.8 Å². The lowest BCUT2D eigenvalue weighted by Crippen LogP contribution is -2.16. The number of nitrogens with one attached hydrogen (secondary N) is 1. The molecule has 0 aliphatic heterocycles. The van der Waals surface area contributed by atoms with E-state index in [9.17, 15) is 13.2 Å². The van der Waals surface area contributed by atoms with Gasteiger partial charge in [-0.2, -0.15) is 13.2 Å². The molecule has 0 amide bonds. The average molecular weight is 280 g/mol. The molecule has 1 nitrogen and oxygen atoms in total. The Labute approximate surface area is 110 Å². The number of anilines is 1. The lowest BCUT2D eigenvalue weighted by Gasteiger charge is -2.14. The Balaban J connectivity index is 2.49. The largest absolute Gasteiger partial charge is 0.416 e. The van der Waals surface area contributed by atoms with E-state index in [0.717, 1.165) is 18.6 Å². The van der Waals surface area contributed by atoms with Crippen LogP contribution in [0.3, 0.4) is 0 Å². The summed E-state index contributed by atoms with van der Waals surface area (Å²) < 4.78 is 37.0. The van der Waals surface area contributed by atoms with Gasteiger partial charge in [0.05, 0.1) is 10.9 Å². The zero-order valence-corrected chi connectivity index (χ0v) is 11.1. The topological polar surface area (TPSA) is 12.0 Å². The first-order valence-corrected chi connectivity index (χ1v) is 6.28. The molecule has 0 aromatic heterocycles. The fourth-order valence-corrected chi connectivity index (χ4v) is 2.03. The van der Waals surface area contributed by atoms with Crippen LogP contribution >= 0.6 is 11.6 Å². The summed E-state index contributed by atoms with van der Waals surface area (Å²) in [5, 5.41) is 3.01. The average Bonchev–Trinajstić information content (AvgIpc) is 2.25. The molecular formula is C13H17ClF3N. The Bertz CT molecular complexity index is 359. The third-order valence-corrected chi connectivity index (χ3v) is 2.80. The van der Waals surface area contributed by atoms with Gasteiger partial charge in [0.1, 0.15) is 0 Å². The highest BCUT2D eigenvalue weighted by atomic mass is 35.5. The molecule has 0 aliphatic carbocycles. The lowest BCUT2D eigenvalue weighted by atomic mass is 10.1. The Morgan fingerprint density at radius 1 is 1.17 bits per heavy atom. The molecule has 1 unspecified atom stereocenters. The highest BCUT2D eigenvalue weighted by molar-refractivity contribution is 6.20. The molecule has 0 aliphatic rings. The van der Waals surface area contributed by atoms with E-state index in [4.69, 9.17) is 11.6 Å². The zero-order valence-electron chi connectivity index (χ0n) is 10.4. The van der Waals surface area contributed by atoms with Crippen LogP contribution < -0.4 is 5.32 Å². The van der Waals surface area contributed by atoms with Crippen molar-refractivity contribution in [3.05, 3.63) is 29.8 Å². The van der Waals surface area contributed by atoms with E-state index >= 15 is 0 Å². The maximum Gasteiger partial charge on any atom is 0.416 e. The highest BCUT2D eigenvalue weighted by Crippen LogP contribution is 2.29. The van der Waals surface area contributed by atoms with Crippen LogP contribution in [0.5, 0.6) is 0 Å². The lowest BCUT2D eigenvalue weighted by molar-refractivity contribution is -0.137. The van der Waals surface area contributed by atoms with Gasteiger partial charge in [0.15, 0.2) is 0 Å². The number of alkyl halides is 4. The van der Waals surface area contributed by atoms with Crippen molar-refractivity contribution < 1.29 is 13.2 Å². The molecular weight excluding hydrogens is 263 g/mol. The molecule has 0 saturated heterocycles. The van der Waals surface area contributed by atoms with Gasteiger partial charge in [-0.1, -0.05) is 13.8 Å². The van der Waals surface area contributed by atoms with Gasteiger partial charge >= 0.3 is 6.18 Å². The van der Waals surface area contributed by atoms with Crippen LogP contribution in [0.25, 0.3) is 0 Å². The molecule has 0 spiro atoms. The van der Waals surface area contributed by atoms with Gasteiger partial charge in [0.2, 0.25) is 0 Å². The third-order valence-electron chi connectivity index (χ3n) is 2.47. The molecule has 0 radical (unpaired) electrons. The van der Waals surface area contributed by atoms with Gasteiger partial charge in [-0.15, -0.1) is 11.6 Å². The Hall–Kier alpha value is -0.900. The summed E-state index contributed by atoms with van der Waals surface area (Å²) in [5.74, 6) is 0.502. The molecule has 1 aromatic rings. The predicted molar refractivity (Wildman–Crippen MR) is 69.0 cm³/mol. The van der Waals surface area contributed by atoms with Crippen molar-refractivity contribution in [3.63, 3.8) is 0 Å². The van der Waals surface area contributed by atoms with Crippen molar-refractivity contribution in [1.29, 1.82) is 0 Å². The van der Waals surface area contributed by atoms with E-state index in [1.807, 2.05) is 0 Å². The van der Waals surface area contributed by atoms with E-state index < -0.39 is 11.7 Å². The van der Waals surface area contributed by atoms with E-state index in [2.05, 4.69) is 19.2 Å². The molecule has 0 fully saturated rings. The second kappa shape index (κ2) is 6.32. The molecule has 1 aromatic carbocycles. The summed E-state index contributed by atoms with van der Waals surface area (Å²) in [6, 6.07) is 4.96. The van der Waals surface area contributed by atoms with Crippen molar-refractivity contribution in [2.75, 3.05) is 11.9 Å². The third kappa shape index (κ3) is 5.17. The first-order chi connectivity index (χ1) is 8.29. The maximum atomic E-state index is 12.3. The van der Waals surface area contributed by atoms with Gasteiger partial charge in [-0.3, -0.25) is 0 Å². The first kappa shape index (κ1) is 15.2. The number of hydrogen-bond donors (Lipinski definition) is 1. The molecule has 102 valence electrons. The molecule has 1 atom stereocenters. The quantitative estimate of drug-likeness (QED) is 0.766. The minimum absolute atomic E-state index is 0.0210. The number of halogens is 4. The predicted octanol–water partition coefficient (Wildman–Crippen LogP) is 4.77. The Kier molecular flexibility index (Phi) is 5.32. The summed E-state index contributed by atoms with van der Waals surface area (Å²) >= 11 is 6.09. The summed E-state index contributed by atoms with van der Waals surface area (Å²) in [4.78, 5) is 0. The molecule has 0 bridgehead atoms. The smallest absolute Gasteiger partial charge is 0.384 e. The fraction of sp³-hybridized carbons (Fsp3) is 0.538. The first-order valence-electron chi connectivity index (χ1n) is 5.84. The van der Waals surface area contributed by atoms with Crippen LogP contribution in [-0.4, -0.2) is 11.9 Å². The van der Waals surface area contributed by atoms with Crippen LogP contribution in [-0.2, 0) is 6.18 Å². The number of benzene rings is 1. The molecule has 18 heavy (non-hydrogen) atoms. The minimum atomic E-state index is -4.29. The van der Waals surface area contributed by atoms with Gasteiger partial charge in [0, 0.05) is 12.2 Å². The summed E-state index contributed by atoms with van der Waals surface area (Å²) in [6.45, 7) is 4.70. The normalized spacial score (nSPS) is 13.7. The second-order valence-corrected chi connectivity index (χ2v) is 5.30. The summed E-state index contributed by atoms with van der Waals surface area (Å²) in [5.41, 5.74) is 0.00931. The minimum Gasteiger partial charge on any atom is -0.384 e. The van der Waals surface area contributed by atoms with Gasteiger partial charge < -0.3 is 5.32 Å². The summed E-state index contributed by atoms with van der Waals surface area (Å²) in [6.07, 6.45) is -3.42. The van der Waals surface area contributed by atoms with Crippen LogP contribution in [0.4, 0.5) is 18.9 Å². The monoisotopic (exact) mass is 279 g/mol. The molecule has 1 rings (SSSR count). The highest BCUT2D eigenvalue weighted by Gasteiger charge is 2.29. The van der Waals surface area contributed by atoms with E-state index in [1.165, 1.54) is 12.1 Å². The van der Waals surface area contributed by atoms with Crippen molar-refractivity contribution >= 4 is 17.3 Å². The van der Waals surface area contributed by atoms with Crippen molar-refractivity contribution in [2.24, 2.45) is 5.92 Å². The second-order valence-electron chi connectivity index (χ2n) is 4.68. The molecule has 0 heterocycles. The van der Waals surface area contributed by atoms with Crippen molar-refractivity contribution in [3.8, 4) is 0 Å². The number of rotatable bonds is 5. The van der Waals surface area contributed by atoms with Gasteiger partial charge in [0.25, 0.3) is 0 Å². The number of hydrogen-bond acceptors (Lipinski definition) is 1. The summed E-state index contributed by atoms with van der Waals surface area (Å²) in [7, 11) is 0. The SMILES string of the molecule is CC(C)CC(Cl)CNc1ccc(C(F)(F)F)cc1. The van der Waals surface area contributed by atoms with Gasteiger partial charge in [-0.25, -0.2) is 0 Å². The van der Waals surface area contributed by atoms with Crippen LogP contribution in [0.2, 0.25) is 0 Å². The Morgan fingerprint density at radius 3 is 2.17 bits per heavy atom. The Morgan fingerprint density at radius 2 is 1.72 bits per heavy atom. The molecule has 1 N–H and O–H groups in total. The maximum absolute atomic E-state index is 12.3. The molecule has 0 saturated carbocycles.